The highest BCUT2D eigenvalue weighted by Gasteiger charge is 2.36. The minimum Gasteiger partial charge on any atom is -0.478 e. The van der Waals surface area contributed by atoms with Gasteiger partial charge in [-0.3, -0.25) is 9.18 Å². The Balaban J connectivity index is 1.47. The Kier molecular flexibility index (Phi) is 8.36. The molecular formula is C29H35FN4O5S2. The molecule has 1 amide bonds. The number of carbonyl (C=O) groups excluding carboxylic acids is 1. The molecule has 2 aliphatic rings. The highest BCUT2D eigenvalue weighted by Crippen LogP contribution is 2.38. The third-order valence-corrected chi connectivity index (χ3v) is 10.5. The zero-order valence-corrected chi connectivity index (χ0v) is 24.8. The molecule has 0 unspecified atom stereocenters. The molecule has 1 aromatic heterocycles. The lowest BCUT2D eigenvalue weighted by Gasteiger charge is -2.35. The van der Waals surface area contributed by atoms with Crippen LogP contribution >= 0.6 is 11.3 Å². The van der Waals surface area contributed by atoms with Crippen LogP contribution in [0.4, 0.5) is 10.1 Å². The molecule has 0 spiro atoms. The van der Waals surface area contributed by atoms with E-state index in [0.717, 1.165) is 10.2 Å². The Morgan fingerprint density at radius 2 is 1.95 bits per heavy atom. The molecule has 0 bridgehead atoms. The molecule has 0 saturated carbocycles. The second-order valence-electron chi connectivity index (χ2n) is 11.7. The summed E-state index contributed by atoms with van der Waals surface area (Å²) in [7, 11) is -4.26. The number of para-hydroxylation sites is 1. The molecule has 1 saturated heterocycles. The normalized spacial score (nSPS) is 18.1. The molecule has 0 radical (unpaired) electrons. The molecule has 2 aliphatic heterocycles. The number of rotatable bonds is 9. The number of hydrogen-bond donors (Lipinski definition) is 3. The zero-order valence-electron chi connectivity index (χ0n) is 23.2. The number of halogens is 1. The number of aromatic nitrogens is 1. The van der Waals surface area contributed by atoms with E-state index in [4.69, 9.17) is 0 Å². The number of aromatic carboxylic acids is 1. The second-order valence-corrected chi connectivity index (χ2v) is 14.5. The number of carbonyl (C=O) groups is 2. The van der Waals surface area contributed by atoms with Crippen molar-refractivity contribution in [2.45, 2.75) is 56.9 Å². The third-order valence-electron chi connectivity index (χ3n) is 7.95. The van der Waals surface area contributed by atoms with Crippen LogP contribution in [0.3, 0.4) is 0 Å². The zero-order chi connectivity index (χ0) is 29.4. The maximum absolute atomic E-state index is 13.9. The van der Waals surface area contributed by atoms with E-state index < -0.39 is 28.7 Å². The minimum atomic E-state index is -4.26. The average molecular weight is 603 g/mol. The summed E-state index contributed by atoms with van der Waals surface area (Å²) in [4.78, 5) is 32.0. The first kappa shape index (κ1) is 29.4. The predicted octanol–water partition coefficient (Wildman–Crippen LogP) is 4.48. The molecule has 2 aromatic carbocycles. The maximum atomic E-state index is 13.9. The largest absolute Gasteiger partial charge is 0.478 e. The van der Waals surface area contributed by atoms with Gasteiger partial charge in [0.25, 0.3) is 0 Å². The summed E-state index contributed by atoms with van der Waals surface area (Å²) in [6.45, 7) is 4.90. The monoisotopic (exact) mass is 602 g/mol. The van der Waals surface area contributed by atoms with Gasteiger partial charge in [0.2, 0.25) is 15.9 Å². The van der Waals surface area contributed by atoms with Gasteiger partial charge in [-0.05, 0) is 66.8 Å². The van der Waals surface area contributed by atoms with Crippen molar-refractivity contribution in [1.82, 2.24) is 14.6 Å². The lowest BCUT2D eigenvalue weighted by molar-refractivity contribution is -0.134. The number of benzene rings is 2. The Bertz CT molecular complexity index is 1530. The lowest BCUT2D eigenvalue weighted by atomic mass is 9.80. The number of sulfonamides is 1. The number of fused-ring (bicyclic) bond motifs is 2. The fourth-order valence-electron chi connectivity index (χ4n) is 5.73. The minimum absolute atomic E-state index is 0.0532. The van der Waals surface area contributed by atoms with Crippen LogP contribution < -0.4 is 10.0 Å². The van der Waals surface area contributed by atoms with Gasteiger partial charge in [0.15, 0.2) is 0 Å². The molecule has 1 atom stereocenters. The summed E-state index contributed by atoms with van der Waals surface area (Å²) in [6.07, 6.45) is 2.26. The predicted molar refractivity (Wildman–Crippen MR) is 157 cm³/mol. The highest BCUT2D eigenvalue weighted by molar-refractivity contribution is 7.89. The Labute approximate surface area is 243 Å². The van der Waals surface area contributed by atoms with Gasteiger partial charge < -0.3 is 15.3 Å². The number of nitrogens with zero attached hydrogens (tertiary/aromatic N) is 2. The standard InChI is InChI=1S/C29H35FN4O5S2/c1-29(2)16-20-19(28(36)37)7-8-24(26(20)31-17-29)41(38,39)33-22(15-25-32-21-5-3-4-6-23(21)40-25)27(35)34-13-10-18(9-12-30)11-14-34/h3-8,18,22,31,33H,9-17H2,1-2H3,(H,36,37)/t22-/m0/s1. The summed E-state index contributed by atoms with van der Waals surface area (Å²) in [5, 5.41) is 13.6. The van der Waals surface area contributed by atoms with Gasteiger partial charge in [0.05, 0.1) is 33.1 Å². The molecule has 3 heterocycles. The van der Waals surface area contributed by atoms with E-state index in [9.17, 15) is 27.5 Å². The van der Waals surface area contributed by atoms with Crippen molar-refractivity contribution in [3.63, 3.8) is 0 Å². The second kappa shape index (κ2) is 11.7. The van der Waals surface area contributed by atoms with Crippen molar-refractivity contribution in [3.05, 3.63) is 52.5 Å². The van der Waals surface area contributed by atoms with Gasteiger partial charge in [-0.2, -0.15) is 4.72 Å². The number of anilines is 1. The molecule has 12 heteroatoms. The van der Waals surface area contributed by atoms with Crippen molar-refractivity contribution in [2.75, 3.05) is 31.6 Å². The van der Waals surface area contributed by atoms with Crippen LogP contribution in [0, 0.1) is 11.3 Å². The summed E-state index contributed by atoms with van der Waals surface area (Å²) >= 11 is 1.41. The van der Waals surface area contributed by atoms with Crippen molar-refractivity contribution < 1.29 is 27.5 Å². The lowest BCUT2D eigenvalue weighted by Crippen LogP contribution is -2.51. The molecule has 5 rings (SSSR count). The van der Waals surface area contributed by atoms with Gasteiger partial charge in [-0.25, -0.2) is 18.2 Å². The average Bonchev–Trinajstić information content (AvgIpc) is 3.34. The van der Waals surface area contributed by atoms with Crippen LogP contribution in [0.1, 0.15) is 54.0 Å². The number of alkyl halides is 1. The van der Waals surface area contributed by atoms with Crippen LogP contribution in [-0.4, -0.2) is 67.6 Å². The fraction of sp³-hybridized carbons (Fsp3) is 0.483. The molecule has 41 heavy (non-hydrogen) atoms. The van der Waals surface area contributed by atoms with Crippen molar-refractivity contribution in [1.29, 1.82) is 0 Å². The number of carboxylic acid groups (broad SMARTS) is 1. The molecule has 3 aromatic rings. The van der Waals surface area contributed by atoms with E-state index in [0.29, 0.717) is 55.9 Å². The number of carboxylic acids is 1. The number of nitrogens with one attached hydrogen (secondary N) is 2. The smallest absolute Gasteiger partial charge is 0.336 e. The van der Waals surface area contributed by atoms with Gasteiger partial charge in [0, 0.05) is 26.1 Å². The Hall–Kier alpha value is -3.09. The number of piperidine rings is 1. The molecule has 3 N–H and O–H groups in total. The van der Waals surface area contributed by atoms with Crippen LogP contribution in [0.15, 0.2) is 41.3 Å². The summed E-state index contributed by atoms with van der Waals surface area (Å²) in [6, 6.07) is 9.06. The van der Waals surface area contributed by atoms with Gasteiger partial charge in [-0.1, -0.05) is 26.0 Å². The van der Waals surface area contributed by atoms with E-state index in [1.54, 1.807) is 4.90 Å². The molecule has 0 aliphatic carbocycles. The molecule has 9 nitrogen and oxygen atoms in total. The number of thiazole rings is 1. The number of hydrogen-bond acceptors (Lipinski definition) is 7. The summed E-state index contributed by atoms with van der Waals surface area (Å²) in [5.41, 5.74) is 1.25. The SMILES string of the molecule is CC1(C)CNc2c(S(=O)(=O)N[C@@H](Cc3nc4ccccc4s3)C(=O)N3CCC(CCF)CC3)ccc(C(=O)O)c2C1. The molecule has 1 fully saturated rings. The number of amides is 1. The first-order chi connectivity index (χ1) is 19.5. The van der Waals surface area contributed by atoms with Crippen LogP contribution in [0.2, 0.25) is 0 Å². The topological polar surface area (TPSA) is 129 Å². The number of likely N-dealkylation sites (tertiary alicyclic amines) is 1. The van der Waals surface area contributed by atoms with E-state index in [1.807, 2.05) is 38.1 Å². The van der Waals surface area contributed by atoms with Crippen molar-refractivity contribution in [2.24, 2.45) is 11.3 Å². The van der Waals surface area contributed by atoms with E-state index in [1.165, 1.54) is 23.5 Å². The van der Waals surface area contributed by atoms with Crippen LogP contribution in [0.5, 0.6) is 0 Å². The van der Waals surface area contributed by atoms with Gasteiger partial charge in [0.1, 0.15) is 10.9 Å². The summed E-state index contributed by atoms with van der Waals surface area (Å²) in [5.74, 6) is -1.27. The fourth-order valence-corrected chi connectivity index (χ4v) is 8.14. The van der Waals surface area contributed by atoms with Crippen molar-refractivity contribution in [3.8, 4) is 0 Å². The van der Waals surface area contributed by atoms with Crippen LogP contribution in [0.25, 0.3) is 10.2 Å². The van der Waals surface area contributed by atoms with E-state index in [-0.39, 0.29) is 39.8 Å². The van der Waals surface area contributed by atoms with Crippen molar-refractivity contribution >= 4 is 49.1 Å². The van der Waals surface area contributed by atoms with E-state index >= 15 is 0 Å². The Morgan fingerprint density at radius 3 is 2.63 bits per heavy atom. The summed E-state index contributed by atoms with van der Waals surface area (Å²) < 4.78 is 44.3. The van der Waals surface area contributed by atoms with E-state index in [2.05, 4.69) is 15.0 Å². The van der Waals surface area contributed by atoms with Gasteiger partial charge in [-0.15, -0.1) is 11.3 Å². The molecular weight excluding hydrogens is 567 g/mol. The highest BCUT2D eigenvalue weighted by atomic mass is 32.2. The van der Waals surface area contributed by atoms with Gasteiger partial charge >= 0.3 is 5.97 Å². The first-order valence-electron chi connectivity index (χ1n) is 13.8. The quantitative estimate of drug-likeness (QED) is 0.330. The maximum Gasteiger partial charge on any atom is 0.336 e. The third kappa shape index (κ3) is 6.39. The Morgan fingerprint density at radius 1 is 1.22 bits per heavy atom. The van der Waals surface area contributed by atoms with Crippen LogP contribution in [-0.2, 0) is 27.7 Å². The first-order valence-corrected chi connectivity index (χ1v) is 16.1. The molecule has 220 valence electrons.